The number of carboxylic acids is 1. The first kappa shape index (κ1) is 18.1. The van der Waals surface area contributed by atoms with Crippen molar-refractivity contribution in [1.29, 1.82) is 0 Å². The highest BCUT2D eigenvalue weighted by molar-refractivity contribution is 5.70. The minimum atomic E-state index is -0.657. The molecule has 1 N–H and O–H groups in total. The normalized spacial score (nSPS) is 26.3. The highest BCUT2D eigenvalue weighted by atomic mass is 16.5. The van der Waals surface area contributed by atoms with Crippen LogP contribution in [0, 0.1) is 5.92 Å². The van der Waals surface area contributed by atoms with Gasteiger partial charge in [-0.05, 0) is 76.3 Å². The number of ether oxygens (including phenoxy) is 2. The fourth-order valence-corrected chi connectivity index (χ4v) is 4.48. The molecule has 0 unspecified atom stereocenters. The molecule has 1 saturated carbocycles. The molecule has 5 nitrogen and oxygen atoms in total. The average molecular weight is 347 g/mol. The molecular formula is C20H29NO4. The number of likely N-dealkylation sites (N-methyl/N-ethyl adjacent to an activating group) is 1. The molecule has 2 aliphatic rings. The third-order valence-corrected chi connectivity index (χ3v) is 5.88. The molecule has 0 bridgehead atoms. The summed E-state index contributed by atoms with van der Waals surface area (Å²) in [6.45, 7) is 6.17. The molecule has 5 heteroatoms. The Bertz CT molecular complexity index is 635. The first-order valence-electron chi connectivity index (χ1n) is 9.39. The van der Waals surface area contributed by atoms with Gasteiger partial charge in [-0.15, -0.1) is 0 Å². The molecule has 1 heterocycles. The predicted molar refractivity (Wildman–Crippen MR) is 96.4 cm³/mol. The maximum absolute atomic E-state index is 11.4. The molecule has 0 amide bonds. The Morgan fingerprint density at radius 1 is 1.20 bits per heavy atom. The average Bonchev–Trinajstić information content (AvgIpc) is 2.60. The second-order valence-corrected chi connectivity index (χ2v) is 7.14. The second-order valence-electron chi connectivity index (χ2n) is 7.14. The SMILES string of the molecule is CCOc1cc2c(cc1OCC)C1(CCC(C(=O)O)CC1)N(C)CC2. The molecule has 0 aromatic heterocycles. The summed E-state index contributed by atoms with van der Waals surface area (Å²) >= 11 is 0. The van der Waals surface area contributed by atoms with E-state index in [1.54, 1.807) is 0 Å². The summed E-state index contributed by atoms with van der Waals surface area (Å²) in [5.41, 5.74) is 2.55. The fraction of sp³-hybridized carbons (Fsp3) is 0.650. The minimum Gasteiger partial charge on any atom is -0.490 e. The minimum absolute atomic E-state index is 0.0733. The van der Waals surface area contributed by atoms with Crippen LogP contribution in [0.2, 0.25) is 0 Å². The topological polar surface area (TPSA) is 59.0 Å². The van der Waals surface area contributed by atoms with Gasteiger partial charge in [-0.3, -0.25) is 9.69 Å². The number of carbonyl (C=O) groups is 1. The standard InChI is InChI=1S/C20H29NO4/c1-4-24-17-12-15-8-11-21(3)20(16(15)13-18(17)25-5-2)9-6-14(7-10-20)19(22)23/h12-14H,4-11H2,1-3H3,(H,22,23). The van der Waals surface area contributed by atoms with Crippen LogP contribution >= 0.6 is 0 Å². The van der Waals surface area contributed by atoms with Gasteiger partial charge < -0.3 is 14.6 Å². The highest BCUT2D eigenvalue weighted by Gasteiger charge is 2.45. The third-order valence-electron chi connectivity index (χ3n) is 5.88. The van der Waals surface area contributed by atoms with Crippen molar-refractivity contribution in [3.05, 3.63) is 23.3 Å². The van der Waals surface area contributed by atoms with Crippen molar-refractivity contribution < 1.29 is 19.4 Å². The number of nitrogens with zero attached hydrogens (tertiary/aromatic N) is 1. The van der Waals surface area contributed by atoms with E-state index in [0.717, 1.165) is 50.1 Å². The summed E-state index contributed by atoms with van der Waals surface area (Å²) in [5.74, 6) is 0.758. The van der Waals surface area contributed by atoms with E-state index >= 15 is 0 Å². The summed E-state index contributed by atoms with van der Waals surface area (Å²) in [6.07, 6.45) is 4.22. The van der Waals surface area contributed by atoms with E-state index in [9.17, 15) is 9.90 Å². The maximum Gasteiger partial charge on any atom is 0.306 e. The van der Waals surface area contributed by atoms with Crippen LogP contribution in [0.1, 0.15) is 50.7 Å². The molecule has 0 radical (unpaired) electrons. The van der Waals surface area contributed by atoms with Crippen molar-refractivity contribution in [3.8, 4) is 11.5 Å². The van der Waals surface area contributed by atoms with Crippen LogP contribution in [-0.4, -0.2) is 42.8 Å². The van der Waals surface area contributed by atoms with Crippen LogP contribution in [0.15, 0.2) is 12.1 Å². The van der Waals surface area contributed by atoms with Gasteiger partial charge >= 0.3 is 5.97 Å². The summed E-state index contributed by atoms with van der Waals surface area (Å²) in [6, 6.07) is 4.29. The van der Waals surface area contributed by atoms with E-state index in [0.29, 0.717) is 13.2 Å². The van der Waals surface area contributed by atoms with Gasteiger partial charge in [0.2, 0.25) is 0 Å². The Balaban J connectivity index is 2.00. The Morgan fingerprint density at radius 2 is 1.80 bits per heavy atom. The lowest BCUT2D eigenvalue weighted by atomic mass is 9.68. The number of aliphatic carboxylic acids is 1. The second kappa shape index (κ2) is 7.24. The smallest absolute Gasteiger partial charge is 0.306 e. The van der Waals surface area contributed by atoms with E-state index in [-0.39, 0.29) is 11.5 Å². The van der Waals surface area contributed by atoms with Crippen molar-refractivity contribution in [2.75, 3.05) is 26.8 Å². The zero-order valence-corrected chi connectivity index (χ0v) is 15.5. The Morgan fingerprint density at radius 3 is 2.36 bits per heavy atom. The van der Waals surface area contributed by atoms with Crippen molar-refractivity contribution in [1.82, 2.24) is 4.90 Å². The first-order chi connectivity index (χ1) is 12.0. The third kappa shape index (κ3) is 3.22. The Hall–Kier alpha value is -1.75. The largest absolute Gasteiger partial charge is 0.490 e. The molecule has 0 saturated heterocycles. The number of fused-ring (bicyclic) bond motifs is 2. The molecule has 1 aromatic rings. The summed E-state index contributed by atoms with van der Waals surface area (Å²) in [7, 11) is 2.17. The Kier molecular flexibility index (Phi) is 5.23. The maximum atomic E-state index is 11.4. The van der Waals surface area contributed by atoms with Gasteiger partial charge in [0.05, 0.1) is 19.1 Å². The van der Waals surface area contributed by atoms with Crippen molar-refractivity contribution in [3.63, 3.8) is 0 Å². The predicted octanol–water partition coefficient (Wildman–Crippen LogP) is 3.44. The summed E-state index contributed by atoms with van der Waals surface area (Å²) in [4.78, 5) is 13.8. The summed E-state index contributed by atoms with van der Waals surface area (Å²) in [5, 5.41) is 9.35. The molecule has 1 fully saturated rings. The number of carboxylic acid groups (broad SMARTS) is 1. The highest BCUT2D eigenvalue weighted by Crippen LogP contribution is 2.49. The summed E-state index contributed by atoms with van der Waals surface area (Å²) < 4.78 is 11.6. The van der Waals surface area contributed by atoms with Gasteiger partial charge in [0, 0.05) is 12.1 Å². The zero-order valence-electron chi connectivity index (χ0n) is 15.5. The molecule has 138 valence electrons. The van der Waals surface area contributed by atoms with Crippen LogP contribution in [0.3, 0.4) is 0 Å². The number of rotatable bonds is 5. The van der Waals surface area contributed by atoms with Crippen molar-refractivity contribution in [2.45, 2.75) is 51.5 Å². The van der Waals surface area contributed by atoms with Crippen molar-refractivity contribution in [2.24, 2.45) is 5.92 Å². The fourth-order valence-electron chi connectivity index (χ4n) is 4.48. The Labute approximate surface area is 149 Å². The lowest BCUT2D eigenvalue weighted by Gasteiger charge is -2.50. The van der Waals surface area contributed by atoms with E-state index < -0.39 is 5.97 Å². The zero-order chi connectivity index (χ0) is 18.0. The van der Waals surface area contributed by atoms with E-state index in [4.69, 9.17) is 9.47 Å². The van der Waals surface area contributed by atoms with Gasteiger partial charge in [0.15, 0.2) is 11.5 Å². The van der Waals surface area contributed by atoms with Crippen LogP contribution in [0.4, 0.5) is 0 Å². The molecule has 3 rings (SSSR count). The molecule has 25 heavy (non-hydrogen) atoms. The molecule has 0 atom stereocenters. The molecular weight excluding hydrogens is 318 g/mol. The van der Waals surface area contributed by atoms with E-state index in [1.807, 2.05) is 13.8 Å². The van der Waals surface area contributed by atoms with Gasteiger partial charge in [-0.2, -0.15) is 0 Å². The lowest BCUT2D eigenvalue weighted by molar-refractivity contribution is -0.144. The molecule has 1 aliphatic carbocycles. The van der Waals surface area contributed by atoms with Crippen LogP contribution in [0.5, 0.6) is 11.5 Å². The number of hydrogen-bond donors (Lipinski definition) is 1. The number of benzene rings is 1. The quantitative estimate of drug-likeness (QED) is 0.884. The van der Waals surface area contributed by atoms with Crippen LogP contribution < -0.4 is 9.47 Å². The van der Waals surface area contributed by atoms with Gasteiger partial charge in [0.25, 0.3) is 0 Å². The first-order valence-corrected chi connectivity index (χ1v) is 9.39. The monoisotopic (exact) mass is 347 g/mol. The molecule has 1 spiro atoms. The van der Waals surface area contributed by atoms with Gasteiger partial charge in [-0.25, -0.2) is 0 Å². The number of hydrogen-bond acceptors (Lipinski definition) is 4. The van der Waals surface area contributed by atoms with E-state index in [2.05, 4.69) is 24.1 Å². The van der Waals surface area contributed by atoms with Crippen molar-refractivity contribution >= 4 is 5.97 Å². The van der Waals surface area contributed by atoms with Gasteiger partial charge in [-0.1, -0.05) is 0 Å². The van der Waals surface area contributed by atoms with Gasteiger partial charge in [0.1, 0.15) is 0 Å². The van der Waals surface area contributed by atoms with Crippen LogP contribution in [-0.2, 0) is 16.8 Å². The molecule has 1 aliphatic heterocycles. The lowest BCUT2D eigenvalue weighted by Crippen LogP contribution is -2.51. The van der Waals surface area contributed by atoms with E-state index in [1.165, 1.54) is 11.1 Å². The molecule has 1 aromatic carbocycles. The van der Waals surface area contributed by atoms with Crippen LogP contribution in [0.25, 0.3) is 0 Å².